The minimum atomic E-state index is -0.610. The van der Waals surface area contributed by atoms with E-state index < -0.39 is 6.04 Å². The van der Waals surface area contributed by atoms with Crippen molar-refractivity contribution in [2.45, 2.75) is 39.2 Å². The van der Waals surface area contributed by atoms with Gasteiger partial charge < -0.3 is 4.42 Å². The van der Waals surface area contributed by atoms with E-state index in [0.717, 1.165) is 11.3 Å². The lowest BCUT2D eigenvalue weighted by molar-refractivity contribution is 0.0970. The van der Waals surface area contributed by atoms with Crippen LogP contribution in [0.1, 0.15) is 59.8 Å². The zero-order valence-electron chi connectivity index (χ0n) is 18.5. The van der Waals surface area contributed by atoms with Gasteiger partial charge in [-0.2, -0.15) is 0 Å². The number of nitrogens with zero attached hydrogens (tertiary/aromatic N) is 2. The van der Waals surface area contributed by atoms with Gasteiger partial charge in [-0.15, -0.1) is 0 Å². The second kappa shape index (κ2) is 7.16. The fourth-order valence-corrected chi connectivity index (χ4v) is 4.30. The summed E-state index contributed by atoms with van der Waals surface area (Å²) in [4.78, 5) is 33.3. The van der Waals surface area contributed by atoms with Crippen LogP contribution in [0.15, 0.2) is 75.9 Å². The van der Waals surface area contributed by atoms with Crippen LogP contribution in [0.5, 0.6) is 0 Å². The van der Waals surface area contributed by atoms with Crippen LogP contribution in [0, 0.1) is 6.92 Å². The Morgan fingerprint density at radius 1 is 0.906 bits per heavy atom. The molecule has 5 rings (SSSR count). The number of benzene rings is 2. The Bertz CT molecular complexity index is 1410. The zero-order chi connectivity index (χ0) is 22.6. The highest BCUT2D eigenvalue weighted by molar-refractivity contribution is 6.10. The lowest BCUT2D eigenvalue weighted by Gasteiger charge is -2.25. The molecule has 0 N–H and O–H groups in total. The van der Waals surface area contributed by atoms with Crippen LogP contribution in [-0.2, 0) is 5.41 Å². The number of aryl methyl sites for hydroxylation is 1. The standard InChI is InChI=1S/C27H24N2O3/c1-16-8-7-11-21(28-16)29-23(17-12-14-18(15-13-17)27(2,3)4)22-24(30)19-9-5-6-10-20(19)32-25(22)26(29)31/h5-15,23H,1-4H3/t23-/m0/s1. The highest BCUT2D eigenvalue weighted by Gasteiger charge is 2.44. The van der Waals surface area contributed by atoms with Crippen LogP contribution < -0.4 is 10.3 Å². The second-order valence-corrected chi connectivity index (χ2v) is 9.26. The van der Waals surface area contributed by atoms with Crippen molar-refractivity contribution in [1.82, 2.24) is 4.98 Å². The molecule has 1 amide bonds. The van der Waals surface area contributed by atoms with Gasteiger partial charge in [0, 0.05) is 5.69 Å². The molecule has 0 saturated heterocycles. The molecule has 1 aliphatic heterocycles. The Hall–Kier alpha value is -3.73. The molecule has 0 bridgehead atoms. The van der Waals surface area contributed by atoms with E-state index in [-0.39, 0.29) is 22.5 Å². The minimum absolute atomic E-state index is 0.00501. The molecule has 2 aromatic heterocycles. The number of para-hydroxylation sites is 1. The maximum absolute atomic E-state index is 13.6. The number of hydrogen-bond donors (Lipinski definition) is 0. The molecule has 1 aliphatic rings. The van der Waals surface area contributed by atoms with E-state index in [1.54, 1.807) is 35.2 Å². The molecule has 5 heteroatoms. The molecule has 0 spiro atoms. The van der Waals surface area contributed by atoms with Crippen LogP contribution in [0.25, 0.3) is 11.0 Å². The molecule has 32 heavy (non-hydrogen) atoms. The van der Waals surface area contributed by atoms with E-state index >= 15 is 0 Å². The van der Waals surface area contributed by atoms with Crippen LogP contribution >= 0.6 is 0 Å². The summed E-state index contributed by atoms with van der Waals surface area (Å²) in [7, 11) is 0. The van der Waals surface area contributed by atoms with E-state index in [2.05, 4.69) is 37.9 Å². The van der Waals surface area contributed by atoms with Crippen molar-refractivity contribution >= 4 is 22.7 Å². The first-order valence-corrected chi connectivity index (χ1v) is 10.7. The number of anilines is 1. The number of fused-ring (bicyclic) bond motifs is 2. The average Bonchev–Trinajstić information content (AvgIpc) is 3.06. The number of amides is 1. The quantitative estimate of drug-likeness (QED) is 0.424. The van der Waals surface area contributed by atoms with Crippen LogP contribution in [0.3, 0.4) is 0 Å². The Labute approximate surface area is 186 Å². The van der Waals surface area contributed by atoms with Crippen molar-refractivity contribution in [3.8, 4) is 0 Å². The van der Waals surface area contributed by atoms with Gasteiger partial charge in [-0.25, -0.2) is 4.98 Å². The summed E-state index contributed by atoms with van der Waals surface area (Å²) in [5, 5.41) is 0.467. The van der Waals surface area contributed by atoms with Crippen molar-refractivity contribution in [1.29, 1.82) is 0 Å². The smallest absolute Gasteiger partial charge is 0.296 e. The molecule has 0 aliphatic carbocycles. The SMILES string of the molecule is Cc1cccc(N2C(=O)c3oc4ccccc4c(=O)c3[C@@H]2c2ccc(C(C)(C)C)cc2)n1. The van der Waals surface area contributed by atoms with Gasteiger partial charge in [0.2, 0.25) is 5.76 Å². The molecule has 1 atom stereocenters. The summed E-state index contributed by atoms with van der Waals surface area (Å²) < 4.78 is 5.99. The van der Waals surface area contributed by atoms with E-state index in [4.69, 9.17) is 4.42 Å². The molecule has 2 aromatic carbocycles. The third-order valence-electron chi connectivity index (χ3n) is 5.99. The Morgan fingerprint density at radius 2 is 1.62 bits per heavy atom. The van der Waals surface area contributed by atoms with Crippen molar-refractivity contribution in [2.75, 3.05) is 4.90 Å². The second-order valence-electron chi connectivity index (χ2n) is 9.26. The normalized spacial score (nSPS) is 15.9. The maximum Gasteiger partial charge on any atom is 0.296 e. The Kier molecular flexibility index (Phi) is 4.52. The van der Waals surface area contributed by atoms with Gasteiger partial charge in [0.1, 0.15) is 11.4 Å². The van der Waals surface area contributed by atoms with Gasteiger partial charge >= 0.3 is 0 Å². The van der Waals surface area contributed by atoms with Crippen molar-refractivity contribution < 1.29 is 9.21 Å². The van der Waals surface area contributed by atoms with Crippen LogP contribution in [-0.4, -0.2) is 10.9 Å². The predicted molar refractivity (Wildman–Crippen MR) is 125 cm³/mol. The monoisotopic (exact) mass is 424 g/mol. The number of carbonyl (C=O) groups excluding carboxylic acids is 1. The number of carbonyl (C=O) groups is 1. The van der Waals surface area contributed by atoms with E-state index in [0.29, 0.717) is 22.4 Å². The van der Waals surface area contributed by atoms with Gasteiger partial charge in [0.05, 0.1) is 17.0 Å². The van der Waals surface area contributed by atoms with Gasteiger partial charge in [0.25, 0.3) is 5.91 Å². The van der Waals surface area contributed by atoms with E-state index in [1.807, 2.05) is 31.2 Å². The molecule has 0 unspecified atom stereocenters. The fraction of sp³-hybridized carbons (Fsp3) is 0.222. The third kappa shape index (κ3) is 3.12. The highest BCUT2D eigenvalue weighted by atomic mass is 16.3. The molecule has 5 nitrogen and oxygen atoms in total. The summed E-state index contributed by atoms with van der Waals surface area (Å²) in [5.41, 5.74) is 3.39. The summed E-state index contributed by atoms with van der Waals surface area (Å²) in [6, 6.07) is 20.1. The highest BCUT2D eigenvalue weighted by Crippen LogP contribution is 2.41. The van der Waals surface area contributed by atoms with E-state index in [9.17, 15) is 9.59 Å². The Morgan fingerprint density at radius 3 is 2.31 bits per heavy atom. The number of hydrogen-bond acceptors (Lipinski definition) is 4. The number of aromatic nitrogens is 1. The maximum atomic E-state index is 13.6. The first kappa shape index (κ1) is 20.2. The van der Waals surface area contributed by atoms with Crippen molar-refractivity contribution in [3.63, 3.8) is 0 Å². The van der Waals surface area contributed by atoms with Crippen LogP contribution in [0.2, 0.25) is 0 Å². The molecule has 3 heterocycles. The molecular weight excluding hydrogens is 400 g/mol. The summed E-state index contributed by atoms with van der Waals surface area (Å²) in [5.74, 6) is 0.225. The van der Waals surface area contributed by atoms with Gasteiger partial charge in [-0.1, -0.05) is 63.2 Å². The molecule has 160 valence electrons. The largest absolute Gasteiger partial charge is 0.450 e. The minimum Gasteiger partial charge on any atom is -0.450 e. The summed E-state index contributed by atoms with van der Waals surface area (Å²) in [6.45, 7) is 8.34. The topological polar surface area (TPSA) is 63.4 Å². The first-order valence-electron chi connectivity index (χ1n) is 10.7. The van der Waals surface area contributed by atoms with Crippen molar-refractivity contribution in [2.24, 2.45) is 0 Å². The van der Waals surface area contributed by atoms with E-state index in [1.165, 1.54) is 5.56 Å². The lowest BCUT2D eigenvalue weighted by atomic mass is 9.86. The number of pyridine rings is 1. The average molecular weight is 425 g/mol. The molecule has 0 fully saturated rings. The predicted octanol–water partition coefficient (Wildman–Crippen LogP) is 5.54. The summed E-state index contributed by atoms with van der Waals surface area (Å²) >= 11 is 0. The molecular formula is C27H24N2O3. The fourth-order valence-electron chi connectivity index (χ4n) is 4.30. The van der Waals surface area contributed by atoms with Crippen molar-refractivity contribution in [3.05, 3.63) is 105 Å². The molecule has 0 saturated carbocycles. The van der Waals surface area contributed by atoms with Gasteiger partial charge in [-0.05, 0) is 47.7 Å². The van der Waals surface area contributed by atoms with Crippen LogP contribution in [0.4, 0.5) is 5.82 Å². The summed E-state index contributed by atoms with van der Waals surface area (Å²) in [6.07, 6.45) is 0. The van der Waals surface area contributed by atoms with Gasteiger partial charge in [0.15, 0.2) is 5.43 Å². The van der Waals surface area contributed by atoms with Gasteiger partial charge in [-0.3, -0.25) is 14.5 Å². The molecule has 0 radical (unpaired) electrons. The Balaban J connectivity index is 1.77. The molecule has 4 aromatic rings. The first-order chi connectivity index (χ1) is 15.3. The lowest BCUT2D eigenvalue weighted by Crippen LogP contribution is -2.30. The zero-order valence-corrected chi connectivity index (χ0v) is 18.5. The number of rotatable bonds is 2. The third-order valence-corrected chi connectivity index (χ3v) is 5.99.